The van der Waals surface area contributed by atoms with Crippen molar-refractivity contribution in [1.82, 2.24) is 13.7 Å². The van der Waals surface area contributed by atoms with Gasteiger partial charge in [0.05, 0.1) is 6.54 Å². The van der Waals surface area contributed by atoms with Crippen molar-refractivity contribution in [1.29, 1.82) is 5.26 Å². The van der Waals surface area contributed by atoms with Crippen molar-refractivity contribution in [2.24, 2.45) is 0 Å². The first-order chi connectivity index (χ1) is 14.3. The van der Waals surface area contributed by atoms with E-state index in [1.54, 1.807) is 6.07 Å². The number of benzene rings is 1. The van der Waals surface area contributed by atoms with E-state index in [4.69, 9.17) is 0 Å². The summed E-state index contributed by atoms with van der Waals surface area (Å²) in [5.74, 6) is -0.334. The average Bonchev–Trinajstić information content (AvgIpc) is 3.51. The number of aromatic nitrogens is 3. The molecule has 1 aliphatic carbocycles. The maximum Gasteiger partial charge on any atom is 0.331 e. The van der Waals surface area contributed by atoms with Crippen molar-refractivity contribution in [3.8, 4) is 11.8 Å². The fourth-order valence-electron chi connectivity index (χ4n) is 3.91. The summed E-state index contributed by atoms with van der Waals surface area (Å²) in [7, 11) is 0. The molecule has 7 heteroatoms. The van der Waals surface area contributed by atoms with Crippen LogP contribution >= 0.6 is 0 Å². The third kappa shape index (κ3) is 3.20. The van der Waals surface area contributed by atoms with Gasteiger partial charge in [0, 0.05) is 34.9 Å². The normalized spacial score (nSPS) is 13.3. The van der Waals surface area contributed by atoms with Crippen LogP contribution in [0.1, 0.15) is 51.8 Å². The molecule has 30 heavy (non-hydrogen) atoms. The number of carbonyl (C=O) groups excluding carboxylic acids is 1. The number of nitrogens with zero attached hydrogens (tertiary/aromatic N) is 4. The predicted molar refractivity (Wildman–Crippen MR) is 112 cm³/mol. The zero-order valence-electron chi connectivity index (χ0n) is 17.2. The summed E-state index contributed by atoms with van der Waals surface area (Å²) in [6.45, 7) is 5.38. The summed E-state index contributed by atoms with van der Waals surface area (Å²) in [5, 5.41) is 9.28. The molecule has 0 atom stereocenters. The van der Waals surface area contributed by atoms with Crippen LogP contribution < -0.4 is 11.2 Å². The molecule has 0 saturated heterocycles. The van der Waals surface area contributed by atoms with Crippen molar-refractivity contribution >= 4 is 5.78 Å². The number of nitriles is 1. The number of Topliss-reactive ketones (excluding diaryl/α,β-unsaturated/α-hetero) is 1. The Morgan fingerprint density at radius 3 is 2.50 bits per heavy atom. The second-order valence-electron chi connectivity index (χ2n) is 7.80. The van der Waals surface area contributed by atoms with Crippen LogP contribution in [-0.4, -0.2) is 19.5 Å². The summed E-state index contributed by atoms with van der Waals surface area (Å²) in [6.07, 6.45) is 2.97. The molecule has 1 aromatic carbocycles. The van der Waals surface area contributed by atoms with Gasteiger partial charge in [0.15, 0.2) is 5.78 Å². The van der Waals surface area contributed by atoms with Gasteiger partial charge in [0.25, 0.3) is 5.56 Å². The number of carbonyl (C=O) groups is 1. The third-order valence-electron chi connectivity index (χ3n) is 5.65. The quantitative estimate of drug-likeness (QED) is 0.614. The fraction of sp³-hybridized carbons (Fsp3) is 0.304. The van der Waals surface area contributed by atoms with Crippen molar-refractivity contribution in [2.75, 3.05) is 0 Å². The van der Waals surface area contributed by atoms with Crippen LogP contribution in [-0.2, 0) is 6.54 Å². The van der Waals surface area contributed by atoms with Crippen molar-refractivity contribution in [3.05, 3.63) is 85.4 Å². The van der Waals surface area contributed by atoms with Gasteiger partial charge >= 0.3 is 5.69 Å². The number of hydrogen-bond acceptors (Lipinski definition) is 4. The Hall–Kier alpha value is -3.66. The number of hydrogen-bond donors (Lipinski definition) is 0. The van der Waals surface area contributed by atoms with E-state index in [1.807, 2.05) is 55.7 Å². The van der Waals surface area contributed by atoms with Crippen LogP contribution in [0.25, 0.3) is 5.69 Å². The molecule has 0 amide bonds. The van der Waals surface area contributed by atoms with Crippen LogP contribution in [0.2, 0.25) is 0 Å². The monoisotopic (exact) mass is 402 g/mol. The van der Waals surface area contributed by atoms with Crippen LogP contribution in [0, 0.1) is 32.1 Å². The second-order valence-corrected chi connectivity index (χ2v) is 7.80. The van der Waals surface area contributed by atoms with E-state index in [0.717, 1.165) is 40.0 Å². The van der Waals surface area contributed by atoms with Crippen molar-refractivity contribution < 1.29 is 4.79 Å². The smallest absolute Gasteiger partial charge is 0.317 e. The molecule has 7 nitrogen and oxygen atoms in total. The number of para-hydroxylation sites is 1. The van der Waals surface area contributed by atoms with Gasteiger partial charge in [-0.25, -0.2) is 4.79 Å². The predicted octanol–water partition coefficient (Wildman–Crippen LogP) is 2.82. The van der Waals surface area contributed by atoms with Gasteiger partial charge in [0.1, 0.15) is 11.6 Å². The highest BCUT2D eigenvalue weighted by Gasteiger charge is 2.28. The molecular weight excluding hydrogens is 380 g/mol. The maximum atomic E-state index is 13.1. The Labute approximate surface area is 173 Å². The van der Waals surface area contributed by atoms with E-state index in [2.05, 4.69) is 0 Å². The lowest BCUT2D eigenvalue weighted by Crippen LogP contribution is -2.42. The lowest BCUT2D eigenvalue weighted by atomic mass is 10.1. The molecule has 4 rings (SSSR count). The van der Waals surface area contributed by atoms with Gasteiger partial charge < -0.3 is 4.57 Å². The van der Waals surface area contributed by atoms with E-state index >= 15 is 0 Å². The summed E-state index contributed by atoms with van der Waals surface area (Å²) in [5.41, 5.74) is 2.76. The molecule has 0 spiro atoms. The minimum atomic E-state index is -0.722. The highest BCUT2D eigenvalue weighted by molar-refractivity contribution is 5.97. The average molecular weight is 402 g/mol. The van der Waals surface area contributed by atoms with Gasteiger partial charge in [-0.05, 0) is 51.3 Å². The molecule has 0 N–H and O–H groups in total. The lowest BCUT2D eigenvalue weighted by molar-refractivity contribution is 0.0967. The third-order valence-corrected chi connectivity index (χ3v) is 5.65. The van der Waals surface area contributed by atoms with E-state index in [9.17, 15) is 19.6 Å². The van der Waals surface area contributed by atoms with Crippen LogP contribution in [0.3, 0.4) is 0 Å². The van der Waals surface area contributed by atoms with Crippen LogP contribution in [0.5, 0.6) is 0 Å². The minimum absolute atomic E-state index is 0.00216. The number of ketones is 1. The SMILES string of the molecule is Cc1ccccc1-n1c(C)cc(C(=O)Cn2c(=O)c(C#N)cn(C3CC3)c2=O)c1C. The first-order valence-electron chi connectivity index (χ1n) is 9.87. The number of aryl methyl sites for hydroxylation is 2. The molecule has 0 radical (unpaired) electrons. The van der Waals surface area contributed by atoms with Crippen molar-refractivity contribution in [2.45, 2.75) is 46.2 Å². The zero-order valence-corrected chi connectivity index (χ0v) is 17.2. The summed E-state index contributed by atoms with van der Waals surface area (Å²) < 4.78 is 4.29. The van der Waals surface area contributed by atoms with Crippen LogP contribution in [0.15, 0.2) is 46.1 Å². The molecule has 1 saturated carbocycles. The van der Waals surface area contributed by atoms with Crippen molar-refractivity contribution in [3.63, 3.8) is 0 Å². The van der Waals surface area contributed by atoms with Gasteiger partial charge in [-0.2, -0.15) is 5.26 Å². The number of rotatable bonds is 5. The van der Waals surface area contributed by atoms with E-state index in [0.29, 0.717) is 5.56 Å². The fourth-order valence-corrected chi connectivity index (χ4v) is 3.91. The Kier molecular flexibility index (Phi) is 4.78. The van der Waals surface area contributed by atoms with Gasteiger partial charge in [-0.1, -0.05) is 18.2 Å². The molecule has 2 heterocycles. The van der Waals surface area contributed by atoms with E-state index < -0.39 is 17.8 Å². The largest absolute Gasteiger partial charge is 0.331 e. The first-order valence-corrected chi connectivity index (χ1v) is 9.87. The Balaban J connectivity index is 1.77. The van der Waals surface area contributed by atoms with Gasteiger partial charge in [-0.15, -0.1) is 0 Å². The second kappa shape index (κ2) is 7.30. The van der Waals surface area contributed by atoms with Crippen LogP contribution in [0.4, 0.5) is 0 Å². The molecule has 0 aliphatic heterocycles. The van der Waals surface area contributed by atoms with Gasteiger partial charge in [0.2, 0.25) is 0 Å². The lowest BCUT2D eigenvalue weighted by Gasteiger charge is -2.13. The topological polar surface area (TPSA) is 89.8 Å². The first kappa shape index (κ1) is 19.6. The molecule has 0 bridgehead atoms. The molecule has 1 aliphatic rings. The standard InChI is InChI=1S/C23H22N4O3/c1-14-6-4-5-7-20(14)27-15(2)10-19(16(27)3)21(28)13-26-22(29)17(11-24)12-25(23(26)30)18-8-9-18/h4-7,10,12,18H,8-9,13H2,1-3H3. The summed E-state index contributed by atoms with van der Waals surface area (Å²) in [6, 6.07) is 11.5. The molecule has 0 unspecified atom stereocenters. The molecule has 152 valence electrons. The Morgan fingerprint density at radius 1 is 1.17 bits per heavy atom. The molecular formula is C23H22N4O3. The molecule has 1 fully saturated rings. The Bertz CT molecular complexity index is 1330. The molecule has 2 aromatic heterocycles. The zero-order chi connectivity index (χ0) is 21.6. The summed E-state index contributed by atoms with van der Waals surface area (Å²) >= 11 is 0. The summed E-state index contributed by atoms with van der Waals surface area (Å²) in [4.78, 5) is 38.5. The highest BCUT2D eigenvalue weighted by Crippen LogP contribution is 2.33. The van der Waals surface area contributed by atoms with E-state index in [-0.39, 0.29) is 17.4 Å². The van der Waals surface area contributed by atoms with Gasteiger partial charge in [-0.3, -0.25) is 18.7 Å². The van der Waals surface area contributed by atoms with E-state index in [1.165, 1.54) is 10.8 Å². The minimum Gasteiger partial charge on any atom is -0.317 e. The maximum absolute atomic E-state index is 13.1. The highest BCUT2D eigenvalue weighted by atomic mass is 16.2. The Morgan fingerprint density at radius 2 is 1.87 bits per heavy atom. The molecule has 3 aromatic rings.